The van der Waals surface area contributed by atoms with Crippen LogP contribution in [0.1, 0.15) is 26.3 Å². The third-order valence-electron chi connectivity index (χ3n) is 2.62. The molecule has 0 radical (unpaired) electrons. The van der Waals surface area contributed by atoms with Crippen molar-refractivity contribution in [3.8, 4) is 0 Å². The number of rotatable bonds is 6. The Kier molecular flexibility index (Phi) is 6.37. The molecule has 3 atom stereocenters. The van der Waals surface area contributed by atoms with Gasteiger partial charge < -0.3 is 9.84 Å². The van der Waals surface area contributed by atoms with Crippen molar-refractivity contribution in [1.82, 2.24) is 0 Å². The van der Waals surface area contributed by atoms with Gasteiger partial charge in [-0.2, -0.15) is 4.99 Å². The van der Waals surface area contributed by atoms with Crippen LogP contribution in [0, 0.1) is 0 Å². The second-order valence-corrected chi connectivity index (χ2v) is 5.99. The highest BCUT2D eigenvalue weighted by atomic mass is 35.5. The monoisotopic (exact) mass is 297 g/mol. The van der Waals surface area contributed by atoms with Crippen molar-refractivity contribution in [2.24, 2.45) is 4.99 Å². The third-order valence-corrected chi connectivity index (χ3v) is 2.98. The summed E-state index contributed by atoms with van der Waals surface area (Å²) >= 11 is 5.86. The summed E-state index contributed by atoms with van der Waals surface area (Å²) in [5.74, 6) is 0. The lowest BCUT2D eigenvalue weighted by Crippen LogP contribution is -2.41. The zero-order chi connectivity index (χ0) is 15.2. The van der Waals surface area contributed by atoms with E-state index in [1.54, 1.807) is 0 Å². The fourth-order valence-electron chi connectivity index (χ4n) is 1.84. The highest BCUT2D eigenvalue weighted by Gasteiger charge is 2.30. The molecule has 0 fully saturated rings. The Morgan fingerprint density at radius 1 is 1.35 bits per heavy atom. The number of benzene rings is 1. The van der Waals surface area contributed by atoms with Crippen LogP contribution >= 0.6 is 11.6 Å². The fraction of sp³-hybridized carbons (Fsp3) is 0.533. The smallest absolute Gasteiger partial charge is 0.236 e. The molecule has 0 spiro atoms. The molecule has 1 rings (SSSR count). The quantitative estimate of drug-likeness (QED) is 0.380. The summed E-state index contributed by atoms with van der Waals surface area (Å²) in [5.41, 5.74) is -0.495. The van der Waals surface area contributed by atoms with E-state index in [0.717, 1.165) is 5.56 Å². The predicted octanol–water partition coefficient (Wildman–Crippen LogP) is 2.67. The summed E-state index contributed by atoms with van der Waals surface area (Å²) in [6.45, 7) is 5.68. The topological polar surface area (TPSA) is 58.9 Å². The summed E-state index contributed by atoms with van der Waals surface area (Å²) in [7, 11) is 0. The predicted molar refractivity (Wildman–Crippen MR) is 78.5 cm³/mol. The second kappa shape index (κ2) is 7.55. The number of alkyl halides is 1. The summed E-state index contributed by atoms with van der Waals surface area (Å²) in [6, 6.07) is 9.63. The van der Waals surface area contributed by atoms with E-state index in [2.05, 4.69) is 4.99 Å². The molecule has 0 aromatic heterocycles. The molecule has 5 heteroatoms. The molecule has 0 bridgehead atoms. The molecule has 0 saturated heterocycles. The number of aliphatic imine (C=N–C) groups is 1. The Hall–Kier alpha value is -1.19. The number of hydrogen-bond donors (Lipinski definition) is 1. The van der Waals surface area contributed by atoms with Gasteiger partial charge in [0.05, 0.1) is 11.7 Å². The van der Waals surface area contributed by atoms with Crippen molar-refractivity contribution in [1.29, 1.82) is 0 Å². The maximum atomic E-state index is 10.3. The number of aliphatic hydroxyl groups excluding tert-OH is 1. The van der Waals surface area contributed by atoms with Crippen molar-refractivity contribution in [2.75, 3.05) is 0 Å². The van der Waals surface area contributed by atoms with E-state index < -0.39 is 23.3 Å². The normalized spacial score (nSPS) is 16.1. The number of hydrogen-bond acceptors (Lipinski definition) is 4. The first-order valence-corrected chi connectivity index (χ1v) is 6.88. The molecule has 1 aromatic carbocycles. The van der Waals surface area contributed by atoms with Crippen molar-refractivity contribution < 1.29 is 14.6 Å². The van der Waals surface area contributed by atoms with Crippen LogP contribution in [0.2, 0.25) is 0 Å². The van der Waals surface area contributed by atoms with Gasteiger partial charge in [-0.1, -0.05) is 41.9 Å². The molecule has 0 aliphatic rings. The number of nitrogens with zero attached hydrogens (tertiary/aromatic N) is 1. The van der Waals surface area contributed by atoms with Gasteiger partial charge in [-0.05, 0) is 26.3 Å². The van der Waals surface area contributed by atoms with Gasteiger partial charge in [0.25, 0.3) is 0 Å². The molecule has 0 saturated carbocycles. The number of carbonyl (C=O) groups excluding carboxylic acids is 1. The standard InChI is InChI=1S/C15H20ClNO3/c1-15(2,3)20-12(13(19)14(16)17-10-18)9-11-7-5-4-6-8-11/h4-8,12-14,19H,9H2,1-3H3/t12-,13+,14?/m0/s1. The number of halogens is 1. The van der Waals surface area contributed by atoms with Crippen LogP contribution < -0.4 is 0 Å². The zero-order valence-electron chi connectivity index (χ0n) is 11.9. The van der Waals surface area contributed by atoms with Crippen LogP contribution in [0.5, 0.6) is 0 Å². The van der Waals surface area contributed by atoms with Gasteiger partial charge in [0.1, 0.15) is 6.10 Å². The van der Waals surface area contributed by atoms with Crippen LogP contribution in [-0.2, 0) is 16.0 Å². The molecule has 110 valence electrons. The van der Waals surface area contributed by atoms with Crippen LogP contribution in [0.4, 0.5) is 0 Å². The maximum Gasteiger partial charge on any atom is 0.236 e. The van der Waals surface area contributed by atoms with Crippen LogP contribution in [0.25, 0.3) is 0 Å². The van der Waals surface area contributed by atoms with Crippen molar-refractivity contribution in [3.05, 3.63) is 35.9 Å². The van der Waals surface area contributed by atoms with Crippen LogP contribution in [0.3, 0.4) is 0 Å². The molecular formula is C15H20ClNO3. The molecule has 0 amide bonds. The minimum absolute atomic E-state index is 0.443. The minimum Gasteiger partial charge on any atom is -0.387 e. The Bertz CT molecular complexity index is 452. The largest absolute Gasteiger partial charge is 0.387 e. The van der Waals surface area contributed by atoms with Gasteiger partial charge in [-0.15, -0.1) is 0 Å². The molecule has 4 nitrogen and oxygen atoms in total. The Balaban J connectivity index is 2.87. The first-order chi connectivity index (χ1) is 9.33. The first kappa shape index (κ1) is 16.9. The summed E-state index contributed by atoms with van der Waals surface area (Å²) in [4.78, 5) is 13.6. The van der Waals surface area contributed by atoms with Crippen molar-refractivity contribution in [2.45, 2.75) is 50.5 Å². The molecule has 1 unspecified atom stereocenters. The lowest BCUT2D eigenvalue weighted by Gasteiger charge is -2.31. The minimum atomic E-state index is -1.09. The Labute approximate surface area is 124 Å². The molecule has 1 N–H and O–H groups in total. The SMILES string of the molecule is CC(C)(C)O[C@@H](Cc1ccccc1)[C@@H](O)C(Cl)N=C=O. The van der Waals surface area contributed by atoms with Crippen LogP contribution in [0.15, 0.2) is 35.3 Å². The van der Waals surface area contributed by atoms with Gasteiger partial charge >= 0.3 is 0 Å². The number of ether oxygens (including phenoxy) is 1. The highest BCUT2D eigenvalue weighted by molar-refractivity contribution is 6.21. The lowest BCUT2D eigenvalue weighted by molar-refractivity contribution is -0.110. The number of isocyanates is 1. The number of aliphatic hydroxyl groups is 1. The maximum absolute atomic E-state index is 10.3. The third kappa shape index (κ3) is 5.85. The van der Waals surface area contributed by atoms with E-state index in [0.29, 0.717) is 6.42 Å². The van der Waals surface area contributed by atoms with E-state index >= 15 is 0 Å². The van der Waals surface area contributed by atoms with Crippen LogP contribution in [-0.4, -0.2) is 34.5 Å². The van der Waals surface area contributed by atoms with E-state index in [1.807, 2.05) is 51.1 Å². The van der Waals surface area contributed by atoms with Gasteiger partial charge in [0, 0.05) is 6.42 Å². The first-order valence-electron chi connectivity index (χ1n) is 6.44. The average molecular weight is 298 g/mol. The van der Waals surface area contributed by atoms with Crippen molar-refractivity contribution >= 4 is 17.7 Å². The van der Waals surface area contributed by atoms with Gasteiger partial charge in [-0.3, -0.25) is 0 Å². The molecule has 1 aromatic rings. The van der Waals surface area contributed by atoms with E-state index in [-0.39, 0.29) is 0 Å². The average Bonchev–Trinajstić information content (AvgIpc) is 2.37. The van der Waals surface area contributed by atoms with Gasteiger partial charge in [0.2, 0.25) is 6.08 Å². The molecule has 0 aliphatic heterocycles. The van der Waals surface area contributed by atoms with Gasteiger partial charge in [-0.25, -0.2) is 4.79 Å². The molecule has 20 heavy (non-hydrogen) atoms. The summed E-state index contributed by atoms with van der Waals surface area (Å²) < 4.78 is 5.85. The Morgan fingerprint density at radius 2 is 1.95 bits per heavy atom. The van der Waals surface area contributed by atoms with E-state index in [9.17, 15) is 9.90 Å². The van der Waals surface area contributed by atoms with Gasteiger partial charge in [0.15, 0.2) is 5.50 Å². The fourth-order valence-corrected chi connectivity index (χ4v) is 2.04. The zero-order valence-corrected chi connectivity index (χ0v) is 12.7. The molecule has 0 aliphatic carbocycles. The summed E-state index contributed by atoms with van der Waals surface area (Å²) in [5, 5.41) is 10.2. The Morgan fingerprint density at radius 3 is 2.45 bits per heavy atom. The highest BCUT2D eigenvalue weighted by Crippen LogP contribution is 2.21. The molecular weight excluding hydrogens is 278 g/mol. The second-order valence-electron chi connectivity index (χ2n) is 5.54. The van der Waals surface area contributed by atoms with E-state index in [4.69, 9.17) is 16.3 Å². The lowest BCUT2D eigenvalue weighted by atomic mass is 10.0. The molecule has 0 heterocycles. The van der Waals surface area contributed by atoms with E-state index in [1.165, 1.54) is 6.08 Å². The summed E-state index contributed by atoms with van der Waals surface area (Å²) in [6.07, 6.45) is 0.197. The van der Waals surface area contributed by atoms with Crippen molar-refractivity contribution in [3.63, 3.8) is 0 Å².